The van der Waals surface area contributed by atoms with E-state index in [4.69, 9.17) is 10.5 Å². The van der Waals surface area contributed by atoms with Crippen molar-refractivity contribution in [2.24, 2.45) is 10.8 Å². The Morgan fingerprint density at radius 3 is 2.78 bits per heavy atom. The second-order valence-electron chi connectivity index (χ2n) is 5.64. The Kier molecular flexibility index (Phi) is 5.58. The average Bonchev–Trinajstić information content (AvgIpc) is 2.66. The lowest BCUT2D eigenvalue weighted by Crippen LogP contribution is -2.24. The first kappa shape index (κ1) is 18.3. The van der Waals surface area contributed by atoms with Crippen molar-refractivity contribution in [2.75, 3.05) is 0 Å². The molecule has 7 nitrogen and oxygen atoms in total. The fourth-order valence-electron chi connectivity index (χ4n) is 2.62. The molecule has 0 unspecified atom stereocenters. The number of rotatable bonds is 6. The van der Waals surface area contributed by atoms with E-state index in [2.05, 4.69) is 22.7 Å². The summed E-state index contributed by atoms with van der Waals surface area (Å²) in [7, 11) is 0. The van der Waals surface area contributed by atoms with Gasteiger partial charge in [0.05, 0.1) is 11.1 Å². The second-order valence-corrected chi connectivity index (χ2v) is 6.08. The Morgan fingerprint density at radius 1 is 1.22 bits per heavy atom. The van der Waals surface area contributed by atoms with Crippen molar-refractivity contribution in [3.8, 4) is 5.75 Å². The molecule has 0 saturated heterocycles. The monoisotopic (exact) mass is 380 g/mol. The third-order valence-electron chi connectivity index (χ3n) is 3.85. The zero-order chi connectivity index (χ0) is 19.2. The standard InChI is InChI=1S/C19H16N4O3S/c20-19(27)22-21-11-15-10-16(23(24)25)8-9-18(15)26-12-14-6-3-5-13-4-1-2-7-17(13)14/h1-11H,12H2,(H3,20,22,27)/b21-11+. The van der Waals surface area contributed by atoms with Crippen LogP contribution in [-0.4, -0.2) is 16.3 Å². The molecule has 0 aliphatic heterocycles. The molecule has 0 aromatic heterocycles. The predicted molar refractivity (Wildman–Crippen MR) is 109 cm³/mol. The van der Waals surface area contributed by atoms with E-state index in [1.165, 1.54) is 18.3 Å². The van der Waals surface area contributed by atoms with Crippen molar-refractivity contribution >= 4 is 40.0 Å². The largest absolute Gasteiger partial charge is 0.488 e. The molecule has 0 aliphatic rings. The van der Waals surface area contributed by atoms with E-state index in [1.807, 2.05) is 42.5 Å². The lowest BCUT2D eigenvalue weighted by atomic mass is 10.1. The van der Waals surface area contributed by atoms with Gasteiger partial charge in [0, 0.05) is 17.7 Å². The fourth-order valence-corrected chi connectivity index (χ4v) is 2.67. The molecule has 3 N–H and O–H groups in total. The third kappa shape index (κ3) is 4.56. The SMILES string of the molecule is NC(=S)N/N=C/c1cc([N+](=O)[O-])ccc1OCc1cccc2ccccc12. The first-order valence-electron chi connectivity index (χ1n) is 8.01. The summed E-state index contributed by atoms with van der Waals surface area (Å²) in [5.74, 6) is 0.460. The molecule has 0 spiro atoms. The third-order valence-corrected chi connectivity index (χ3v) is 3.94. The van der Waals surface area contributed by atoms with Crippen molar-refractivity contribution in [1.29, 1.82) is 0 Å². The molecule has 0 radical (unpaired) electrons. The summed E-state index contributed by atoms with van der Waals surface area (Å²) >= 11 is 4.68. The van der Waals surface area contributed by atoms with Crippen LogP contribution < -0.4 is 15.9 Å². The quantitative estimate of drug-likeness (QED) is 0.294. The number of nitro benzene ring substituents is 1. The molecule has 136 valence electrons. The molecule has 0 amide bonds. The van der Waals surface area contributed by atoms with Crippen LogP contribution in [-0.2, 0) is 6.61 Å². The number of non-ortho nitro benzene ring substituents is 1. The molecule has 3 aromatic rings. The van der Waals surface area contributed by atoms with Gasteiger partial charge in [-0.1, -0.05) is 42.5 Å². The Hall–Kier alpha value is -3.52. The van der Waals surface area contributed by atoms with Gasteiger partial charge in [0.25, 0.3) is 5.69 Å². The van der Waals surface area contributed by atoms with E-state index < -0.39 is 4.92 Å². The van der Waals surface area contributed by atoms with Crippen molar-refractivity contribution in [1.82, 2.24) is 5.43 Å². The van der Waals surface area contributed by atoms with Crippen LogP contribution in [0.4, 0.5) is 5.69 Å². The molecule has 0 heterocycles. The summed E-state index contributed by atoms with van der Waals surface area (Å²) in [6.45, 7) is 0.308. The Morgan fingerprint density at radius 2 is 2.00 bits per heavy atom. The normalized spacial score (nSPS) is 10.8. The van der Waals surface area contributed by atoms with Gasteiger partial charge >= 0.3 is 0 Å². The van der Waals surface area contributed by atoms with Gasteiger partial charge in [-0.2, -0.15) is 5.10 Å². The Labute approximate surface area is 160 Å². The van der Waals surface area contributed by atoms with Crippen LogP contribution in [0, 0.1) is 10.1 Å². The molecule has 27 heavy (non-hydrogen) atoms. The number of benzene rings is 3. The van der Waals surface area contributed by atoms with E-state index in [0.717, 1.165) is 16.3 Å². The van der Waals surface area contributed by atoms with Gasteiger partial charge in [-0.05, 0) is 34.6 Å². The van der Waals surface area contributed by atoms with E-state index >= 15 is 0 Å². The van der Waals surface area contributed by atoms with Crippen molar-refractivity contribution in [2.45, 2.75) is 6.61 Å². The number of thiocarbonyl (C=S) groups is 1. The number of nitro groups is 1. The van der Waals surface area contributed by atoms with Crippen LogP contribution in [0.15, 0.2) is 65.8 Å². The van der Waals surface area contributed by atoms with Gasteiger partial charge in [0.1, 0.15) is 12.4 Å². The number of hydrogen-bond acceptors (Lipinski definition) is 5. The maximum absolute atomic E-state index is 11.0. The van der Waals surface area contributed by atoms with Crippen molar-refractivity contribution in [3.63, 3.8) is 0 Å². The molecule has 0 atom stereocenters. The predicted octanol–water partition coefficient (Wildman–Crippen LogP) is 3.49. The highest BCUT2D eigenvalue weighted by molar-refractivity contribution is 7.80. The highest BCUT2D eigenvalue weighted by atomic mass is 32.1. The van der Waals surface area contributed by atoms with E-state index in [0.29, 0.717) is 17.9 Å². The lowest BCUT2D eigenvalue weighted by Gasteiger charge is -2.11. The van der Waals surface area contributed by atoms with E-state index in [1.54, 1.807) is 6.07 Å². The molecule has 0 fully saturated rings. The fraction of sp³-hybridized carbons (Fsp3) is 0.0526. The number of fused-ring (bicyclic) bond motifs is 1. The van der Waals surface area contributed by atoms with Gasteiger partial charge in [0.2, 0.25) is 0 Å². The number of ether oxygens (including phenoxy) is 1. The van der Waals surface area contributed by atoms with E-state index in [9.17, 15) is 10.1 Å². The van der Waals surface area contributed by atoms with Gasteiger partial charge in [0.15, 0.2) is 5.11 Å². The molecule has 0 saturated carbocycles. The second kappa shape index (κ2) is 8.24. The van der Waals surface area contributed by atoms with Gasteiger partial charge < -0.3 is 10.5 Å². The average molecular weight is 380 g/mol. The van der Waals surface area contributed by atoms with Gasteiger partial charge in [-0.15, -0.1) is 0 Å². The molecule has 8 heteroatoms. The van der Waals surface area contributed by atoms with Crippen molar-refractivity contribution in [3.05, 3.63) is 81.9 Å². The maximum Gasteiger partial charge on any atom is 0.270 e. The number of hydrazone groups is 1. The summed E-state index contributed by atoms with van der Waals surface area (Å²) in [5, 5.41) is 17.1. The molecular weight excluding hydrogens is 364 g/mol. The first-order valence-corrected chi connectivity index (χ1v) is 8.42. The van der Waals surface area contributed by atoms with Crippen LogP contribution in [0.1, 0.15) is 11.1 Å². The minimum absolute atomic E-state index is 0.00472. The summed E-state index contributed by atoms with van der Waals surface area (Å²) in [5.41, 5.74) is 9.13. The summed E-state index contributed by atoms with van der Waals surface area (Å²) in [4.78, 5) is 10.6. The van der Waals surface area contributed by atoms with Crippen LogP contribution in [0.3, 0.4) is 0 Å². The number of hydrogen-bond donors (Lipinski definition) is 2. The minimum Gasteiger partial charge on any atom is -0.488 e. The topological polar surface area (TPSA) is 103 Å². The first-order chi connectivity index (χ1) is 13.0. The summed E-state index contributed by atoms with van der Waals surface area (Å²) in [6.07, 6.45) is 1.38. The van der Waals surface area contributed by atoms with Crippen molar-refractivity contribution < 1.29 is 9.66 Å². The molecule has 3 rings (SSSR count). The van der Waals surface area contributed by atoms with E-state index in [-0.39, 0.29) is 10.8 Å². The van der Waals surface area contributed by atoms with Gasteiger partial charge in [-0.25, -0.2) is 0 Å². The Balaban J connectivity index is 1.87. The zero-order valence-electron chi connectivity index (χ0n) is 14.2. The summed E-state index contributed by atoms with van der Waals surface area (Å²) < 4.78 is 5.92. The molecule has 0 bridgehead atoms. The minimum atomic E-state index is -0.479. The number of nitrogens with two attached hydrogens (primary N) is 1. The molecule has 3 aromatic carbocycles. The molecular formula is C19H16N4O3S. The Bertz CT molecular complexity index is 1030. The lowest BCUT2D eigenvalue weighted by molar-refractivity contribution is -0.384. The highest BCUT2D eigenvalue weighted by Crippen LogP contribution is 2.25. The maximum atomic E-state index is 11.0. The van der Waals surface area contributed by atoms with Crippen LogP contribution in [0.2, 0.25) is 0 Å². The highest BCUT2D eigenvalue weighted by Gasteiger charge is 2.11. The zero-order valence-corrected chi connectivity index (χ0v) is 15.0. The molecule has 0 aliphatic carbocycles. The van der Waals surface area contributed by atoms with Gasteiger partial charge in [-0.3, -0.25) is 15.5 Å². The van der Waals surface area contributed by atoms with Crippen LogP contribution >= 0.6 is 12.2 Å². The van der Waals surface area contributed by atoms with Crippen LogP contribution in [0.5, 0.6) is 5.75 Å². The number of nitrogens with zero attached hydrogens (tertiary/aromatic N) is 2. The van der Waals surface area contributed by atoms with Crippen LogP contribution in [0.25, 0.3) is 10.8 Å². The summed E-state index contributed by atoms with van der Waals surface area (Å²) in [6, 6.07) is 18.3. The number of nitrogens with one attached hydrogen (secondary N) is 1. The smallest absolute Gasteiger partial charge is 0.270 e.